The SMILES string of the molecule is CCC(CC)CC(NN)c1ccc(Br)cc1Cl. The number of nitrogens with two attached hydrogens (primary N) is 1. The van der Waals surface area contributed by atoms with Crippen molar-refractivity contribution < 1.29 is 0 Å². The maximum absolute atomic E-state index is 6.25. The van der Waals surface area contributed by atoms with Gasteiger partial charge in [-0.1, -0.05) is 60.3 Å². The number of hydrazine groups is 1. The lowest BCUT2D eigenvalue weighted by Crippen LogP contribution is -2.29. The molecule has 0 aliphatic carbocycles. The van der Waals surface area contributed by atoms with E-state index in [1.165, 1.54) is 12.8 Å². The quantitative estimate of drug-likeness (QED) is 0.601. The van der Waals surface area contributed by atoms with Gasteiger partial charge in [0.1, 0.15) is 0 Å². The summed E-state index contributed by atoms with van der Waals surface area (Å²) in [4.78, 5) is 0. The Bertz CT molecular complexity index is 353. The van der Waals surface area contributed by atoms with E-state index in [1.54, 1.807) is 0 Å². The Morgan fingerprint density at radius 3 is 2.47 bits per heavy atom. The molecule has 3 N–H and O–H groups in total. The smallest absolute Gasteiger partial charge is 0.0477 e. The molecule has 1 rings (SSSR count). The van der Waals surface area contributed by atoms with Gasteiger partial charge in [0, 0.05) is 15.5 Å². The van der Waals surface area contributed by atoms with Gasteiger partial charge >= 0.3 is 0 Å². The second-order valence-corrected chi connectivity index (χ2v) is 5.63. The fourth-order valence-electron chi connectivity index (χ4n) is 2.02. The van der Waals surface area contributed by atoms with Gasteiger partial charge in [-0.05, 0) is 30.0 Å². The molecule has 96 valence electrons. The molecule has 0 bridgehead atoms. The maximum atomic E-state index is 6.25. The van der Waals surface area contributed by atoms with E-state index < -0.39 is 0 Å². The molecule has 0 aliphatic rings. The van der Waals surface area contributed by atoms with Gasteiger partial charge in [-0.15, -0.1) is 0 Å². The van der Waals surface area contributed by atoms with E-state index in [2.05, 4.69) is 35.2 Å². The normalized spacial score (nSPS) is 13.1. The number of rotatable bonds is 6. The monoisotopic (exact) mass is 318 g/mol. The van der Waals surface area contributed by atoms with Gasteiger partial charge in [0.05, 0.1) is 0 Å². The summed E-state index contributed by atoms with van der Waals surface area (Å²) in [6.07, 6.45) is 3.36. The van der Waals surface area contributed by atoms with Crippen LogP contribution in [0.15, 0.2) is 22.7 Å². The van der Waals surface area contributed by atoms with Crippen molar-refractivity contribution >= 4 is 27.5 Å². The molecule has 0 amide bonds. The molecule has 0 spiro atoms. The first-order valence-corrected chi connectivity index (χ1v) is 7.20. The molecule has 0 aliphatic heterocycles. The number of nitrogens with one attached hydrogen (secondary N) is 1. The molecule has 0 aromatic heterocycles. The van der Waals surface area contributed by atoms with Gasteiger partial charge in [0.2, 0.25) is 0 Å². The van der Waals surface area contributed by atoms with Crippen LogP contribution < -0.4 is 11.3 Å². The van der Waals surface area contributed by atoms with E-state index in [0.29, 0.717) is 5.92 Å². The third-order valence-electron chi connectivity index (χ3n) is 3.26. The number of hydrogen-bond acceptors (Lipinski definition) is 2. The molecule has 0 heterocycles. The molecule has 0 fully saturated rings. The summed E-state index contributed by atoms with van der Waals surface area (Å²) in [5.41, 5.74) is 3.95. The fraction of sp³-hybridized carbons (Fsp3) is 0.538. The number of halogens is 2. The van der Waals surface area contributed by atoms with Crippen molar-refractivity contribution in [2.24, 2.45) is 11.8 Å². The van der Waals surface area contributed by atoms with E-state index in [1.807, 2.05) is 18.2 Å². The average molecular weight is 320 g/mol. The van der Waals surface area contributed by atoms with Crippen LogP contribution >= 0.6 is 27.5 Å². The minimum atomic E-state index is 0.125. The molecular weight excluding hydrogens is 300 g/mol. The van der Waals surface area contributed by atoms with E-state index in [4.69, 9.17) is 17.4 Å². The Kier molecular flexibility index (Phi) is 6.49. The van der Waals surface area contributed by atoms with Crippen LogP contribution in [0.3, 0.4) is 0 Å². The first kappa shape index (κ1) is 15.0. The van der Waals surface area contributed by atoms with Crippen molar-refractivity contribution in [2.45, 2.75) is 39.2 Å². The summed E-state index contributed by atoms with van der Waals surface area (Å²) in [6, 6.07) is 6.06. The van der Waals surface area contributed by atoms with Crippen LogP contribution in [-0.2, 0) is 0 Å². The maximum Gasteiger partial charge on any atom is 0.0477 e. The van der Waals surface area contributed by atoms with Crippen molar-refractivity contribution in [2.75, 3.05) is 0 Å². The van der Waals surface area contributed by atoms with Gasteiger partial charge in [-0.25, -0.2) is 0 Å². The molecule has 0 radical (unpaired) electrons. The van der Waals surface area contributed by atoms with Crippen LogP contribution in [0.5, 0.6) is 0 Å². The van der Waals surface area contributed by atoms with Gasteiger partial charge in [0.25, 0.3) is 0 Å². The Hall–Kier alpha value is -0.0900. The molecule has 2 nitrogen and oxygen atoms in total. The lowest BCUT2D eigenvalue weighted by Gasteiger charge is -2.22. The molecule has 4 heteroatoms. The Morgan fingerprint density at radius 1 is 1.35 bits per heavy atom. The van der Waals surface area contributed by atoms with Crippen molar-refractivity contribution in [3.05, 3.63) is 33.3 Å². The summed E-state index contributed by atoms with van der Waals surface area (Å²) >= 11 is 9.66. The van der Waals surface area contributed by atoms with Gasteiger partial charge in [-0.2, -0.15) is 0 Å². The van der Waals surface area contributed by atoms with Crippen LogP contribution in [0, 0.1) is 5.92 Å². The Labute approximate surface area is 117 Å². The third-order valence-corrected chi connectivity index (χ3v) is 4.08. The second-order valence-electron chi connectivity index (χ2n) is 4.30. The van der Waals surface area contributed by atoms with Crippen LogP contribution in [0.4, 0.5) is 0 Å². The summed E-state index contributed by atoms with van der Waals surface area (Å²) in [5, 5.41) is 0.758. The lowest BCUT2D eigenvalue weighted by molar-refractivity contribution is 0.375. The molecule has 1 aromatic carbocycles. The van der Waals surface area contributed by atoms with Crippen molar-refractivity contribution in [3.63, 3.8) is 0 Å². The summed E-state index contributed by atoms with van der Waals surface area (Å²) in [7, 11) is 0. The Balaban J connectivity index is 2.85. The highest BCUT2D eigenvalue weighted by atomic mass is 79.9. The van der Waals surface area contributed by atoms with Crippen molar-refractivity contribution in [1.29, 1.82) is 0 Å². The highest BCUT2D eigenvalue weighted by Gasteiger charge is 2.17. The predicted molar refractivity (Wildman–Crippen MR) is 77.9 cm³/mol. The van der Waals surface area contributed by atoms with Gasteiger partial charge in [-0.3, -0.25) is 11.3 Å². The second kappa shape index (κ2) is 7.37. The summed E-state index contributed by atoms with van der Waals surface area (Å²) < 4.78 is 0.990. The zero-order valence-corrected chi connectivity index (χ0v) is 12.7. The van der Waals surface area contributed by atoms with Crippen molar-refractivity contribution in [1.82, 2.24) is 5.43 Å². The zero-order valence-electron chi connectivity index (χ0n) is 10.3. The minimum Gasteiger partial charge on any atom is -0.271 e. The minimum absolute atomic E-state index is 0.125. The van der Waals surface area contributed by atoms with Crippen LogP contribution in [0.1, 0.15) is 44.7 Å². The van der Waals surface area contributed by atoms with E-state index in [9.17, 15) is 0 Å². The van der Waals surface area contributed by atoms with Crippen molar-refractivity contribution in [3.8, 4) is 0 Å². The van der Waals surface area contributed by atoms with E-state index in [0.717, 1.165) is 21.5 Å². The fourth-order valence-corrected chi connectivity index (χ4v) is 2.83. The number of hydrogen-bond donors (Lipinski definition) is 2. The average Bonchev–Trinajstić information content (AvgIpc) is 2.32. The van der Waals surface area contributed by atoms with E-state index in [-0.39, 0.29) is 6.04 Å². The highest BCUT2D eigenvalue weighted by Crippen LogP contribution is 2.31. The van der Waals surface area contributed by atoms with Crippen LogP contribution in [0.25, 0.3) is 0 Å². The molecule has 1 unspecified atom stereocenters. The van der Waals surface area contributed by atoms with E-state index >= 15 is 0 Å². The molecule has 0 saturated heterocycles. The largest absolute Gasteiger partial charge is 0.271 e. The Morgan fingerprint density at radius 2 is 2.00 bits per heavy atom. The third kappa shape index (κ3) is 4.25. The molecule has 1 atom stereocenters. The van der Waals surface area contributed by atoms with Crippen LogP contribution in [-0.4, -0.2) is 0 Å². The predicted octanol–water partition coefficient (Wildman–Crippen LogP) is 4.43. The summed E-state index contributed by atoms with van der Waals surface area (Å²) in [5.74, 6) is 6.33. The molecule has 17 heavy (non-hydrogen) atoms. The zero-order chi connectivity index (χ0) is 12.8. The molecule has 0 saturated carbocycles. The standard InChI is InChI=1S/C13H20BrClN2/c1-3-9(4-2)7-13(17-16)11-6-5-10(14)8-12(11)15/h5-6,8-9,13,17H,3-4,7,16H2,1-2H3. The highest BCUT2D eigenvalue weighted by molar-refractivity contribution is 9.10. The topological polar surface area (TPSA) is 38.0 Å². The first-order chi connectivity index (χ1) is 8.12. The first-order valence-electron chi connectivity index (χ1n) is 6.03. The molecular formula is C13H20BrClN2. The van der Waals surface area contributed by atoms with Gasteiger partial charge in [0.15, 0.2) is 0 Å². The van der Waals surface area contributed by atoms with Crippen LogP contribution in [0.2, 0.25) is 5.02 Å². The number of benzene rings is 1. The lowest BCUT2D eigenvalue weighted by atomic mass is 9.91. The molecule has 1 aromatic rings. The van der Waals surface area contributed by atoms with Gasteiger partial charge < -0.3 is 0 Å². The summed E-state index contributed by atoms with van der Waals surface area (Å²) in [6.45, 7) is 4.43.